The first-order chi connectivity index (χ1) is 7.59. The van der Waals surface area contributed by atoms with Gasteiger partial charge in [0.15, 0.2) is 0 Å². The fourth-order valence-electron chi connectivity index (χ4n) is 1.42. The Balaban J connectivity index is 2.29. The third-order valence-electron chi connectivity index (χ3n) is 2.28. The lowest BCUT2D eigenvalue weighted by molar-refractivity contribution is 0.394. The second kappa shape index (κ2) is 7.28. The number of nitrogens with zero attached hydrogens (tertiary/aromatic N) is 1. The molecule has 0 radical (unpaired) electrons. The zero-order valence-electron chi connectivity index (χ0n) is 9.76. The quantitative estimate of drug-likeness (QED) is 0.812. The molecule has 0 spiro atoms. The third-order valence-corrected chi connectivity index (χ3v) is 3.29. The lowest BCUT2D eigenvalue weighted by atomic mass is 10.2. The number of rotatable bonds is 6. The third kappa shape index (κ3) is 5.30. The first-order valence-electron chi connectivity index (χ1n) is 5.39. The van der Waals surface area contributed by atoms with Crippen molar-refractivity contribution in [2.75, 3.05) is 27.2 Å². The average molecular weight is 306 g/mol. The predicted octanol–water partition coefficient (Wildman–Crippen LogP) is 3.14. The van der Waals surface area contributed by atoms with E-state index in [1.54, 1.807) is 0 Å². The van der Waals surface area contributed by atoms with Crippen LogP contribution in [-0.2, 0) is 6.54 Å². The molecule has 0 amide bonds. The Morgan fingerprint density at radius 2 is 2.12 bits per heavy atom. The van der Waals surface area contributed by atoms with Crippen LogP contribution in [0.15, 0.2) is 22.7 Å². The Kier molecular flexibility index (Phi) is 6.36. The summed E-state index contributed by atoms with van der Waals surface area (Å²) in [6, 6.07) is 5.87. The maximum absolute atomic E-state index is 5.94. The SMILES string of the molecule is CN(C)CCCNCc1cc(Cl)ccc1Br. The summed E-state index contributed by atoms with van der Waals surface area (Å²) in [7, 11) is 4.18. The summed E-state index contributed by atoms with van der Waals surface area (Å²) < 4.78 is 1.11. The number of benzene rings is 1. The summed E-state index contributed by atoms with van der Waals surface area (Å²) in [6.45, 7) is 3.00. The number of hydrogen-bond donors (Lipinski definition) is 1. The molecule has 2 nitrogen and oxygen atoms in total. The minimum atomic E-state index is 0.785. The number of nitrogens with one attached hydrogen (secondary N) is 1. The van der Waals surface area contributed by atoms with Gasteiger partial charge in [-0.3, -0.25) is 0 Å². The highest BCUT2D eigenvalue weighted by atomic mass is 79.9. The zero-order valence-corrected chi connectivity index (χ0v) is 12.1. The van der Waals surface area contributed by atoms with Gasteiger partial charge in [-0.05, 0) is 57.4 Å². The number of hydrogen-bond acceptors (Lipinski definition) is 2. The van der Waals surface area contributed by atoms with Crippen molar-refractivity contribution < 1.29 is 0 Å². The van der Waals surface area contributed by atoms with E-state index >= 15 is 0 Å². The van der Waals surface area contributed by atoms with Gasteiger partial charge in [0.25, 0.3) is 0 Å². The first-order valence-corrected chi connectivity index (χ1v) is 6.56. The Labute approximate surface area is 111 Å². The number of halogens is 2. The monoisotopic (exact) mass is 304 g/mol. The molecular weight excluding hydrogens is 288 g/mol. The van der Waals surface area contributed by atoms with Crippen LogP contribution in [0.1, 0.15) is 12.0 Å². The molecule has 0 heterocycles. The molecule has 0 aliphatic rings. The Bertz CT molecular complexity index is 329. The van der Waals surface area contributed by atoms with Crippen LogP contribution in [-0.4, -0.2) is 32.1 Å². The van der Waals surface area contributed by atoms with Crippen molar-refractivity contribution in [3.8, 4) is 0 Å². The minimum absolute atomic E-state index is 0.785. The molecule has 1 aromatic rings. The molecule has 16 heavy (non-hydrogen) atoms. The summed E-state index contributed by atoms with van der Waals surface area (Å²) in [5.74, 6) is 0. The van der Waals surface area contributed by atoms with Gasteiger partial charge in [0, 0.05) is 16.0 Å². The molecule has 1 rings (SSSR count). The van der Waals surface area contributed by atoms with Crippen molar-refractivity contribution >= 4 is 27.5 Å². The van der Waals surface area contributed by atoms with E-state index in [9.17, 15) is 0 Å². The topological polar surface area (TPSA) is 15.3 Å². The zero-order chi connectivity index (χ0) is 12.0. The van der Waals surface area contributed by atoms with Crippen LogP contribution in [0.4, 0.5) is 0 Å². The molecule has 90 valence electrons. The summed E-state index contributed by atoms with van der Waals surface area (Å²) in [5.41, 5.74) is 1.21. The molecule has 0 saturated heterocycles. The van der Waals surface area contributed by atoms with E-state index in [1.165, 1.54) is 5.56 Å². The fourth-order valence-corrected chi connectivity index (χ4v) is 2.00. The average Bonchev–Trinajstić information content (AvgIpc) is 2.22. The molecule has 0 saturated carbocycles. The van der Waals surface area contributed by atoms with Gasteiger partial charge in [0.1, 0.15) is 0 Å². The molecule has 1 N–H and O–H groups in total. The summed E-state index contributed by atoms with van der Waals surface area (Å²) in [5, 5.41) is 4.20. The van der Waals surface area contributed by atoms with E-state index in [-0.39, 0.29) is 0 Å². The van der Waals surface area contributed by atoms with E-state index in [1.807, 2.05) is 18.2 Å². The van der Waals surface area contributed by atoms with Crippen molar-refractivity contribution in [3.63, 3.8) is 0 Å². The van der Waals surface area contributed by atoms with Crippen molar-refractivity contribution in [1.82, 2.24) is 10.2 Å². The molecule has 0 fully saturated rings. The highest BCUT2D eigenvalue weighted by Gasteiger charge is 2.00. The van der Waals surface area contributed by atoms with Crippen LogP contribution in [0.25, 0.3) is 0 Å². The van der Waals surface area contributed by atoms with Gasteiger partial charge >= 0.3 is 0 Å². The van der Waals surface area contributed by atoms with E-state index in [2.05, 4.69) is 40.2 Å². The predicted molar refractivity (Wildman–Crippen MR) is 74.0 cm³/mol. The van der Waals surface area contributed by atoms with Crippen LogP contribution in [0.2, 0.25) is 5.02 Å². The van der Waals surface area contributed by atoms with E-state index in [4.69, 9.17) is 11.6 Å². The molecule has 0 atom stereocenters. The van der Waals surface area contributed by atoms with Gasteiger partial charge < -0.3 is 10.2 Å². The molecule has 1 aromatic carbocycles. The molecule has 0 aliphatic carbocycles. The minimum Gasteiger partial charge on any atom is -0.313 e. The van der Waals surface area contributed by atoms with Gasteiger partial charge in [-0.25, -0.2) is 0 Å². The molecule has 0 aliphatic heterocycles. The summed E-state index contributed by atoms with van der Waals surface area (Å²) in [4.78, 5) is 2.19. The van der Waals surface area contributed by atoms with Crippen LogP contribution < -0.4 is 5.32 Å². The van der Waals surface area contributed by atoms with Crippen molar-refractivity contribution in [1.29, 1.82) is 0 Å². The molecule has 0 unspecified atom stereocenters. The second-order valence-corrected chi connectivity index (χ2v) is 5.36. The van der Waals surface area contributed by atoms with Crippen LogP contribution >= 0.6 is 27.5 Å². The lowest BCUT2D eigenvalue weighted by Gasteiger charge is -2.10. The van der Waals surface area contributed by atoms with Gasteiger partial charge in [0.2, 0.25) is 0 Å². The van der Waals surface area contributed by atoms with Gasteiger partial charge in [-0.15, -0.1) is 0 Å². The normalized spacial score (nSPS) is 11.1. The van der Waals surface area contributed by atoms with Crippen LogP contribution in [0.5, 0.6) is 0 Å². The van der Waals surface area contributed by atoms with E-state index in [0.29, 0.717) is 0 Å². The molecule has 0 bridgehead atoms. The van der Waals surface area contributed by atoms with Gasteiger partial charge in [-0.2, -0.15) is 0 Å². The molecule has 0 aromatic heterocycles. The van der Waals surface area contributed by atoms with E-state index < -0.39 is 0 Å². The van der Waals surface area contributed by atoms with Gasteiger partial charge in [0.05, 0.1) is 0 Å². The Hall–Kier alpha value is -0.0900. The lowest BCUT2D eigenvalue weighted by Crippen LogP contribution is -2.21. The summed E-state index contributed by atoms with van der Waals surface area (Å²) >= 11 is 9.46. The standard InChI is InChI=1S/C12H18BrClN2/c1-16(2)7-3-6-15-9-10-8-11(14)4-5-12(10)13/h4-5,8,15H,3,6-7,9H2,1-2H3. The summed E-state index contributed by atoms with van der Waals surface area (Å²) in [6.07, 6.45) is 1.16. The van der Waals surface area contributed by atoms with Crippen molar-refractivity contribution in [3.05, 3.63) is 33.3 Å². The molecule has 4 heteroatoms. The highest BCUT2D eigenvalue weighted by molar-refractivity contribution is 9.10. The maximum Gasteiger partial charge on any atom is 0.0410 e. The Morgan fingerprint density at radius 1 is 1.38 bits per heavy atom. The fraction of sp³-hybridized carbons (Fsp3) is 0.500. The van der Waals surface area contributed by atoms with E-state index in [0.717, 1.165) is 35.6 Å². The van der Waals surface area contributed by atoms with Crippen molar-refractivity contribution in [2.45, 2.75) is 13.0 Å². The smallest absolute Gasteiger partial charge is 0.0410 e. The molecular formula is C12H18BrClN2. The largest absolute Gasteiger partial charge is 0.313 e. The van der Waals surface area contributed by atoms with Crippen LogP contribution in [0.3, 0.4) is 0 Å². The maximum atomic E-state index is 5.94. The van der Waals surface area contributed by atoms with Crippen LogP contribution in [0, 0.1) is 0 Å². The van der Waals surface area contributed by atoms with Gasteiger partial charge in [-0.1, -0.05) is 27.5 Å². The highest BCUT2D eigenvalue weighted by Crippen LogP contribution is 2.20. The second-order valence-electron chi connectivity index (χ2n) is 4.07. The van der Waals surface area contributed by atoms with Crippen molar-refractivity contribution in [2.24, 2.45) is 0 Å². The Morgan fingerprint density at radius 3 is 2.81 bits per heavy atom. The first kappa shape index (κ1) is 14.0.